The second-order valence-electron chi connectivity index (χ2n) is 4.39. The first-order valence-corrected chi connectivity index (χ1v) is 7.15. The fraction of sp³-hybridized carbons (Fsp3) is 0.900. The van der Waals surface area contributed by atoms with E-state index in [-0.39, 0.29) is 24.2 Å². The Morgan fingerprint density at radius 1 is 1.44 bits per heavy atom. The number of rotatable bonds is 6. The number of carbonyl (C=O) groups excluding carboxylic acids is 1. The van der Waals surface area contributed by atoms with Crippen LogP contribution in [0.15, 0.2) is 0 Å². The second-order valence-corrected chi connectivity index (χ2v) is 6.26. The first kappa shape index (κ1) is 13.4. The van der Waals surface area contributed by atoms with Crippen molar-refractivity contribution in [1.82, 2.24) is 4.72 Å². The number of carbonyl (C=O) groups is 1. The molecule has 1 N–H and O–H groups in total. The van der Waals surface area contributed by atoms with E-state index in [9.17, 15) is 13.2 Å². The molecule has 0 heterocycles. The van der Waals surface area contributed by atoms with Crippen molar-refractivity contribution in [2.75, 3.05) is 12.9 Å². The Bertz CT molecular complexity index is 333. The Hall–Kier alpha value is -0.620. The van der Waals surface area contributed by atoms with E-state index in [0.717, 1.165) is 12.8 Å². The van der Waals surface area contributed by atoms with Gasteiger partial charge < -0.3 is 4.74 Å². The number of sulfonamides is 1. The molecule has 0 aromatic rings. The zero-order valence-electron chi connectivity index (χ0n) is 9.73. The summed E-state index contributed by atoms with van der Waals surface area (Å²) in [4.78, 5) is 10.8. The van der Waals surface area contributed by atoms with Crippen LogP contribution in [0.1, 0.15) is 32.6 Å². The molecule has 1 rings (SSSR count). The smallest absolute Gasteiger partial charge is 0.305 e. The topological polar surface area (TPSA) is 72.5 Å². The van der Waals surface area contributed by atoms with Crippen LogP contribution in [0.2, 0.25) is 0 Å². The Morgan fingerprint density at radius 3 is 2.56 bits per heavy atom. The van der Waals surface area contributed by atoms with E-state index in [1.165, 1.54) is 7.11 Å². The van der Waals surface area contributed by atoms with Crippen molar-refractivity contribution < 1.29 is 17.9 Å². The van der Waals surface area contributed by atoms with Crippen molar-refractivity contribution in [3.05, 3.63) is 0 Å². The number of hydrogen-bond donors (Lipinski definition) is 1. The van der Waals surface area contributed by atoms with Gasteiger partial charge >= 0.3 is 5.97 Å². The number of ether oxygens (including phenoxy) is 1. The lowest BCUT2D eigenvalue weighted by Crippen LogP contribution is -2.44. The maximum atomic E-state index is 11.5. The Kier molecular flexibility index (Phi) is 4.73. The summed E-state index contributed by atoms with van der Waals surface area (Å²) in [6.45, 7) is 2.10. The van der Waals surface area contributed by atoms with Crippen molar-refractivity contribution in [3.63, 3.8) is 0 Å². The minimum atomic E-state index is -3.23. The van der Waals surface area contributed by atoms with Gasteiger partial charge in [-0.05, 0) is 25.2 Å². The molecule has 1 fully saturated rings. The zero-order valence-corrected chi connectivity index (χ0v) is 10.5. The normalized spacial score (nSPS) is 24.9. The molecule has 1 aliphatic carbocycles. The molecule has 0 atom stereocenters. The largest absolute Gasteiger partial charge is 0.469 e. The average molecular weight is 249 g/mol. The van der Waals surface area contributed by atoms with Crippen molar-refractivity contribution in [2.24, 2.45) is 5.92 Å². The van der Waals surface area contributed by atoms with E-state index in [0.29, 0.717) is 12.3 Å². The van der Waals surface area contributed by atoms with Crippen molar-refractivity contribution >= 4 is 16.0 Å². The van der Waals surface area contributed by atoms with Gasteiger partial charge in [-0.1, -0.05) is 6.92 Å². The molecule has 6 heteroatoms. The first-order chi connectivity index (χ1) is 7.43. The summed E-state index contributed by atoms with van der Waals surface area (Å²) < 4.78 is 30.2. The van der Waals surface area contributed by atoms with Crippen LogP contribution in [0.25, 0.3) is 0 Å². The third kappa shape index (κ3) is 4.49. The van der Waals surface area contributed by atoms with Crippen LogP contribution in [0, 0.1) is 5.92 Å². The predicted molar refractivity (Wildman–Crippen MR) is 60.4 cm³/mol. The molecule has 0 amide bonds. The first-order valence-electron chi connectivity index (χ1n) is 5.50. The highest BCUT2D eigenvalue weighted by atomic mass is 32.2. The van der Waals surface area contributed by atoms with Gasteiger partial charge in [-0.25, -0.2) is 13.1 Å². The van der Waals surface area contributed by atoms with Gasteiger partial charge in [0.25, 0.3) is 0 Å². The third-order valence-electron chi connectivity index (χ3n) is 2.74. The molecule has 1 saturated carbocycles. The Balaban J connectivity index is 2.21. The summed E-state index contributed by atoms with van der Waals surface area (Å²) in [5, 5.41) is 0. The lowest BCUT2D eigenvalue weighted by molar-refractivity contribution is -0.140. The van der Waals surface area contributed by atoms with Crippen LogP contribution in [0.4, 0.5) is 0 Å². The molecule has 5 nitrogen and oxygen atoms in total. The summed E-state index contributed by atoms with van der Waals surface area (Å²) >= 11 is 0. The molecule has 94 valence electrons. The van der Waals surface area contributed by atoms with Gasteiger partial charge in [0.15, 0.2) is 0 Å². The third-order valence-corrected chi connectivity index (χ3v) is 4.26. The molecular formula is C10H19NO4S. The van der Waals surface area contributed by atoms with Gasteiger partial charge in [-0.2, -0.15) is 0 Å². The van der Waals surface area contributed by atoms with E-state index in [1.807, 2.05) is 0 Å². The highest BCUT2D eigenvalue weighted by Crippen LogP contribution is 2.26. The van der Waals surface area contributed by atoms with Crippen LogP contribution in [-0.4, -0.2) is 33.3 Å². The van der Waals surface area contributed by atoms with Crippen LogP contribution in [0.5, 0.6) is 0 Å². The van der Waals surface area contributed by atoms with Gasteiger partial charge in [0.05, 0.1) is 12.9 Å². The molecule has 0 unspecified atom stereocenters. The quantitative estimate of drug-likeness (QED) is 0.702. The summed E-state index contributed by atoms with van der Waals surface area (Å²) in [6.07, 6.45) is 2.29. The molecule has 0 spiro atoms. The van der Waals surface area contributed by atoms with Crippen LogP contribution in [-0.2, 0) is 19.6 Å². The van der Waals surface area contributed by atoms with Crippen molar-refractivity contribution in [1.29, 1.82) is 0 Å². The fourth-order valence-corrected chi connectivity index (χ4v) is 3.16. The van der Waals surface area contributed by atoms with E-state index in [4.69, 9.17) is 0 Å². The predicted octanol–water partition coefficient (Wildman–Crippen LogP) is 0.657. The molecule has 16 heavy (non-hydrogen) atoms. The van der Waals surface area contributed by atoms with Crippen LogP contribution < -0.4 is 4.72 Å². The molecule has 0 radical (unpaired) electrons. The van der Waals surface area contributed by atoms with Crippen molar-refractivity contribution in [3.8, 4) is 0 Å². The standard InChI is InChI=1S/C10H19NO4S/c1-8-6-9(7-8)11-16(13,14)5-3-4-10(12)15-2/h8-9,11H,3-7H2,1-2H3. The van der Waals surface area contributed by atoms with Gasteiger partial charge in [-0.15, -0.1) is 0 Å². The lowest BCUT2D eigenvalue weighted by atomic mass is 9.83. The fourth-order valence-electron chi connectivity index (χ4n) is 1.82. The van der Waals surface area contributed by atoms with Gasteiger partial charge in [0, 0.05) is 12.5 Å². The van der Waals surface area contributed by atoms with Gasteiger partial charge in [0.2, 0.25) is 10.0 Å². The Morgan fingerprint density at radius 2 is 2.06 bits per heavy atom. The lowest BCUT2D eigenvalue weighted by Gasteiger charge is -2.32. The van der Waals surface area contributed by atoms with E-state index in [1.54, 1.807) is 0 Å². The van der Waals surface area contributed by atoms with Gasteiger partial charge in [0.1, 0.15) is 0 Å². The summed E-state index contributed by atoms with van der Waals surface area (Å²) in [5.41, 5.74) is 0. The highest BCUT2D eigenvalue weighted by Gasteiger charge is 2.28. The van der Waals surface area contributed by atoms with Crippen LogP contribution in [0.3, 0.4) is 0 Å². The Labute approximate surface area is 96.6 Å². The highest BCUT2D eigenvalue weighted by molar-refractivity contribution is 7.89. The number of nitrogens with one attached hydrogen (secondary N) is 1. The molecule has 0 saturated heterocycles. The summed E-state index contributed by atoms with van der Waals surface area (Å²) in [5.74, 6) is 0.239. The molecule has 0 aromatic heterocycles. The number of hydrogen-bond acceptors (Lipinski definition) is 4. The number of esters is 1. The number of methoxy groups -OCH3 is 1. The SMILES string of the molecule is COC(=O)CCCS(=O)(=O)NC1CC(C)C1. The maximum absolute atomic E-state index is 11.5. The van der Waals surface area contributed by atoms with E-state index in [2.05, 4.69) is 16.4 Å². The minimum Gasteiger partial charge on any atom is -0.469 e. The van der Waals surface area contributed by atoms with Crippen molar-refractivity contribution in [2.45, 2.75) is 38.6 Å². The molecule has 1 aliphatic rings. The average Bonchev–Trinajstić information content (AvgIpc) is 2.14. The zero-order chi connectivity index (χ0) is 12.2. The minimum absolute atomic E-state index is 0.00696. The molecular weight excluding hydrogens is 230 g/mol. The summed E-state index contributed by atoms with van der Waals surface area (Å²) in [7, 11) is -1.93. The summed E-state index contributed by atoms with van der Waals surface area (Å²) in [6, 6.07) is 0.0955. The van der Waals surface area contributed by atoms with Crippen LogP contribution >= 0.6 is 0 Å². The van der Waals surface area contributed by atoms with Gasteiger partial charge in [-0.3, -0.25) is 4.79 Å². The van der Waals surface area contributed by atoms with E-state index < -0.39 is 10.0 Å². The molecule has 0 bridgehead atoms. The molecule has 0 aliphatic heterocycles. The maximum Gasteiger partial charge on any atom is 0.305 e. The van der Waals surface area contributed by atoms with E-state index >= 15 is 0 Å². The second kappa shape index (κ2) is 5.63. The molecule has 0 aromatic carbocycles. The monoisotopic (exact) mass is 249 g/mol.